The summed E-state index contributed by atoms with van der Waals surface area (Å²) in [5, 5.41) is 0. The van der Waals surface area contributed by atoms with Gasteiger partial charge >= 0.3 is 0 Å². The third-order valence-corrected chi connectivity index (χ3v) is 0.874. The van der Waals surface area contributed by atoms with E-state index < -0.39 is 0 Å². The molecule has 0 aromatic carbocycles. The van der Waals surface area contributed by atoms with Crippen molar-refractivity contribution in [3.8, 4) is 0 Å². The molecular formula is C4H3BCl. The van der Waals surface area contributed by atoms with Crippen molar-refractivity contribution in [1.29, 1.82) is 0 Å². The van der Waals surface area contributed by atoms with Crippen LogP contribution in [0.25, 0.3) is 0 Å². The van der Waals surface area contributed by atoms with Gasteiger partial charge in [0, 0.05) is 0 Å². The van der Waals surface area contributed by atoms with Gasteiger partial charge in [-0.05, 0) is 4.93 Å². The second-order valence-electron chi connectivity index (χ2n) is 1.10. The Hall–Kier alpha value is -0.165. The van der Waals surface area contributed by atoms with Gasteiger partial charge in [-0.15, -0.1) is 17.6 Å². The highest BCUT2D eigenvalue weighted by atomic mass is 35.5. The van der Waals surface area contributed by atoms with Gasteiger partial charge in [0.25, 0.3) is 0 Å². The van der Waals surface area contributed by atoms with Crippen LogP contribution in [0.3, 0.4) is 0 Å². The first-order valence-corrected chi connectivity index (χ1v) is 2.14. The quantitative estimate of drug-likeness (QED) is 0.400. The fourth-order valence-corrected chi connectivity index (χ4v) is 0.496. The van der Waals surface area contributed by atoms with Gasteiger partial charge in [-0.3, -0.25) is 0 Å². The molecule has 29 valence electrons. The monoisotopic (exact) mass is 97.0 g/mol. The van der Waals surface area contributed by atoms with Crippen molar-refractivity contribution in [2.24, 2.45) is 0 Å². The third kappa shape index (κ3) is 0.660. The molecule has 1 radical (unpaired) electrons. The lowest BCUT2D eigenvalue weighted by atomic mass is 9.82. The van der Waals surface area contributed by atoms with E-state index in [0.29, 0.717) is 0 Å². The number of hydrogen-bond donors (Lipinski definition) is 0. The van der Waals surface area contributed by atoms with Crippen molar-refractivity contribution in [3.05, 3.63) is 23.1 Å². The van der Waals surface area contributed by atoms with Crippen LogP contribution in [0.1, 0.15) is 0 Å². The zero-order valence-electron chi connectivity index (χ0n) is 3.19. The van der Waals surface area contributed by atoms with Crippen LogP contribution in [-0.4, -0.2) is 7.28 Å². The zero-order chi connectivity index (χ0) is 4.41. The van der Waals surface area contributed by atoms with Crippen molar-refractivity contribution >= 4 is 18.9 Å². The Labute approximate surface area is 42.7 Å². The van der Waals surface area contributed by atoms with Crippen molar-refractivity contribution in [2.45, 2.75) is 0 Å². The number of hydrogen-bond acceptors (Lipinski definition) is 0. The minimum Gasteiger partial charge on any atom is -0.115 e. The average Bonchev–Trinajstić information content (AvgIpc) is 1.86. The predicted octanol–water partition coefficient (Wildman–Crippen LogP) is 1.30. The largest absolute Gasteiger partial charge is 0.197 e. The van der Waals surface area contributed by atoms with Crippen molar-refractivity contribution in [3.63, 3.8) is 0 Å². The summed E-state index contributed by atoms with van der Waals surface area (Å²) in [6.45, 7) is 0. The minimum absolute atomic E-state index is 0.815. The molecule has 0 bridgehead atoms. The highest BCUT2D eigenvalue weighted by Crippen LogP contribution is 2.03. The second kappa shape index (κ2) is 1.52. The molecule has 6 heavy (non-hydrogen) atoms. The van der Waals surface area contributed by atoms with Gasteiger partial charge in [0.05, 0.1) is 0 Å². The summed E-state index contributed by atoms with van der Waals surface area (Å²) >= 11 is 5.46. The van der Waals surface area contributed by atoms with Crippen molar-refractivity contribution < 1.29 is 0 Å². The molecule has 0 N–H and O–H groups in total. The van der Waals surface area contributed by atoms with Crippen molar-refractivity contribution in [1.82, 2.24) is 0 Å². The molecule has 0 unspecified atom stereocenters. The van der Waals surface area contributed by atoms with Crippen LogP contribution in [0.15, 0.2) is 23.1 Å². The van der Waals surface area contributed by atoms with Crippen molar-refractivity contribution in [2.75, 3.05) is 0 Å². The van der Waals surface area contributed by atoms with Crippen LogP contribution < -0.4 is 0 Å². The predicted molar refractivity (Wildman–Crippen MR) is 28.8 cm³/mol. The van der Waals surface area contributed by atoms with Gasteiger partial charge < -0.3 is 0 Å². The van der Waals surface area contributed by atoms with Crippen LogP contribution in [0, 0.1) is 0 Å². The van der Waals surface area contributed by atoms with E-state index in [1.54, 1.807) is 0 Å². The van der Waals surface area contributed by atoms with E-state index >= 15 is 0 Å². The Bertz CT molecular complexity index is 104. The Morgan fingerprint density at radius 2 is 2.50 bits per heavy atom. The fourth-order valence-electron chi connectivity index (χ4n) is 0.351. The summed E-state index contributed by atoms with van der Waals surface area (Å²) in [6.07, 6.45) is 3.75. The van der Waals surface area contributed by atoms with E-state index in [1.165, 1.54) is 0 Å². The SMILES string of the molecule is ClC1=CC=C[B]1. The Morgan fingerprint density at radius 3 is 2.67 bits per heavy atom. The molecule has 0 amide bonds. The molecule has 1 aliphatic heterocycles. The molecule has 0 spiro atoms. The van der Waals surface area contributed by atoms with E-state index in [9.17, 15) is 0 Å². The number of allylic oxidation sites excluding steroid dienone is 2. The van der Waals surface area contributed by atoms with Crippen LogP contribution in [0.4, 0.5) is 0 Å². The van der Waals surface area contributed by atoms with Gasteiger partial charge in [-0.1, -0.05) is 12.2 Å². The third-order valence-electron chi connectivity index (χ3n) is 0.622. The number of halogens is 1. The highest BCUT2D eigenvalue weighted by molar-refractivity contribution is 6.68. The summed E-state index contributed by atoms with van der Waals surface area (Å²) in [4.78, 5) is 0.815. The molecule has 1 heterocycles. The van der Waals surface area contributed by atoms with E-state index in [-0.39, 0.29) is 0 Å². The first kappa shape index (κ1) is 4.01. The molecule has 0 atom stereocenters. The Kier molecular flexibility index (Phi) is 1.02. The first-order chi connectivity index (χ1) is 2.89. The van der Waals surface area contributed by atoms with Crippen LogP contribution in [0.5, 0.6) is 0 Å². The lowest BCUT2D eigenvalue weighted by Crippen LogP contribution is -1.74. The maximum atomic E-state index is 5.46. The average molecular weight is 97.3 g/mol. The van der Waals surface area contributed by atoms with E-state index in [4.69, 9.17) is 11.6 Å². The van der Waals surface area contributed by atoms with Gasteiger partial charge in [0.15, 0.2) is 7.28 Å². The Morgan fingerprint density at radius 1 is 1.67 bits per heavy atom. The summed E-state index contributed by atoms with van der Waals surface area (Å²) in [5.74, 6) is 1.91. The highest BCUT2D eigenvalue weighted by Gasteiger charge is 1.92. The maximum absolute atomic E-state index is 5.46. The molecule has 0 aromatic heterocycles. The lowest BCUT2D eigenvalue weighted by molar-refractivity contribution is 2.11. The molecule has 2 heteroatoms. The first-order valence-electron chi connectivity index (χ1n) is 1.77. The maximum Gasteiger partial charge on any atom is 0.197 e. The topological polar surface area (TPSA) is 0 Å². The van der Waals surface area contributed by atoms with Crippen LogP contribution in [0.2, 0.25) is 0 Å². The molecule has 0 nitrogen and oxygen atoms in total. The minimum atomic E-state index is 0.815. The Balaban J connectivity index is 2.61. The second-order valence-corrected chi connectivity index (χ2v) is 1.54. The standard InChI is InChI=1S/C4H3BCl/c6-4-2-1-3-5-4/h1-3H. The van der Waals surface area contributed by atoms with E-state index in [0.717, 1.165) is 4.93 Å². The molecule has 1 aliphatic rings. The normalized spacial score (nSPS) is 17.2. The molecule has 0 fully saturated rings. The molecule has 0 saturated carbocycles. The summed E-state index contributed by atoms with van der Waals surface area (Å²) in [6, 6.07) is 0. The van der Waals surface area contributed by atoms with Gasteiger partial charge in [-0.25, -0.2) is 0 Å². The molecule has 0 aromatic rings. The molecular weight excluding hydrogens is 94.3 g/mol. The molecule has 0 saturated heterocycles. The number of rotatable bonds is 0. The van der Waals surface area contributed by atoms with Crippen LogP contribution in [-0.2, 0) is 0 Å². The summed E-state index contributed by atoms with van der Waals surface area (Å²) in [7, 11) is 1.85. The van der Waals surface area contributed by atoms with E-state index in [1.807, 2.05) is 25.4 Å². The lowest BCUT2D eigenvalue weighted by Gasteiger charge is -1.72. The smallest absolute Gasteiger partial charge is 0.115 e. The van der Waals surface area contributed by atoms with Gasteiger partial charge in [-0.2, -0.15) is 0 Å². The van der Waals surface area contributed by atoms with Gasteiger partial charge in [0.2, 0.25) is 0 Å². The van der Waals surface area contributed by atoms with Crippen LogP contribution >= 0.6 is 11.6 Å². The van der Waals surface area contributed by atoms with Gasteiger partial charge in [0.1, 0.15) is 0 Å². The molecule has 1 rings (SSSR count). The summed E-state index contributed by atoms with van der Waals surface area (Å²) < 4.78 is 0. The fraction of sp³-hybridized carbons (Fsp3) is 0. The summed E-state index contributed by atoms with van der Waals surface area (Å²) in [5.41, 5.74) is 0. The zero-order valence-corrected chi connectivity index (χ0v) is 3.94. The molecule has 0 aliphatic carbocycles. The van der Waals surface area contributed by atoms with E-state index in [2.05, 4.69) is 0 Å².